The smallest absolute Gasteiger partial charge is 0.244 e. The van der Waals surface area contributed by atoms with Gasteiger partial charge in [0.15, 0.2) is 0 Å². The number of aryl methyl sites for hydroxylation is 1. The molecule has 0 atom stereocenters. The SMILES string of the molecule is CCc1ccc(N(CC(=O)Nc2ccccc2C#N)C(C)=O)cc1. The number of hydrogen-bond donors (Lipinski definition) is 1. The lowest BCUT2D eigenvalue weighted by Crippen LogP contribution is -2.36. The molecule has 0 spiro atoms. The Bertz CT molecular complexity index is 776. The van der Waals surface area contributed by atoms with Gasteiger partial charge in [-0.15, -0.1) is 0 Å². The van der Waals surface area contributed by atoms with Gasteiger partial charge in [0.2, 0.25) is 11.8 Å². The molecular formula is C19H19N3O2. The van der Waals surface area contributed by atoms with Gasteiger partial charge in [0, 0.05) is 12.6 Å². The molecule has 2 aromatic carbocycles. The highest BCUT2D eigenvalue weighted by Crippen LogP contribution is 2.17. The second-order valence-corrected chi connectivity index (χ2v) is 5.33. The summed E-state index contributed by atoms with van der Waals surface area (Å²) in [5.74, 6) is -0.574. The van der Waals surface area contributed by atoms with Gasteiger partial charge in [-0.3, -0.25) is 9.59 Å². The third kappa shape index (κ3) is 4.20. The molecule has 0 fully saturated rings. The third-order valence-corrected chi connectivity index (χ3v) is 3.66. The van der Waals surface area contributed by atoms with Gasteiger partial charge < -0.3 is 10.2 Å². The summed E-state index contributed by atoms with van der Waals surface area (Å²) >= 11 is 0. The minimum atomic E-state index is -0.354. The first-order valence-corrected chi connectivity index (χ1v) is 7.71. The number of carbonyl (C=O) groups is 2. The van der Waals surface area contributed by atoms with E-state index in [0.29, 0.717) is 16.9 Å². The summed E-state index contributed by atoms with van der Waals surface area (Å²) in [6, 6.07) is 16.3. The van der Waals surface area contributed by atoms with Crippen molar-refractivity contribution in [2.75, 3.05) is 16.8 Å². The number of nitriles is 1. The van der Waals surface area contributed by atoms with Crippen LogP contribution in [0.25, 0.3) is 0 Å². The van der Waals surface area contributed by atoms with E-state index in [-0.39, 0.29) is 18.4 Å². The van der Waals surface area contributed by atoms with E-state index in [0.717, 1.165) is 12.0 Å². The monoisotopic (exact) mass is 321 g/mol. The lowest BCUT2D eigenvalue weighted by molar-refractivity contribution is -0.120. The Kier molecular flexibility index (Phi) is 5.69. The number of hydrogen-bond acceptors (Lipinski definition) is 3. The van der Waals surface area contributed by atoms with Crippen molar-refractivity contribution in [2.24, 2.45) is 0 Å². The second kappa shape index (κ2) is 7.93. The molecule has 2 amide bonds. The minimum absolute atomic E-state index is 0.111. The summed E-state index contributed by atoms with van der Waals surface area (Å²) < 4.78 is 0. The molecule has 2 aromatic rings. The zero-order valence-electron chi connectivity index (χ0n) is 13.7. The number of rotatable bonds is 5. The van der Waals surface area contributed by atoms with Gasteiger partial charge in [0.25, 0.3) is 0 Å². The maximum absolute atomic E-state index is 12.3. The van der Waals surface area contributed by atoms with Crippen LogP contribution in [0.4, 0.5) is 11.4 Å². The molecule has 5 nitrogen and oxygen atoms in total. The molecule has 0 aliphatic carbocycles. The van der Waals surface area contributed by atoms with Crippen LogP contribution in [0.3, 0.4) is 0 Å². The molecule has 24 heavy (non-hydrogen) atoms. The molecule has 0 bridgehead atoms. The molecular weight excluding hydrogens is 302 g/mol. The van der Waals surface area contributed by atoms with Crippen LogP contribution in [-0.4, -0.2) is 18.4 Å². The molecule has 0 heterocycles. The lowest BCUT2D eigenvalue weighted by atomic mass is 10.1. The number of carbonyl (C=O) groups excluding carboxylic acids is 2. The molecule has 0 saturated heterocycles. The Morgan fingerprint density at radius 1 is 1.12 bits per heavy atom. The highest BCUT2D eigenvalue weighted by molar-refractivity contribution is 6.02. The van der Waals surface area contributed by atoms with Gasteiger partial charge >= 0.3 is 0 Å². The molecule has 5 heteroatoms. The van der Waals surface area contributed by atoms with Crippen molar-refractivity contribution in [1.82, 2.24) is 0 Å². The van der Waals surface area contributed by atoms with Crippen LogP contribution in [0.2, 0.25) is 0 Å². The summed E-state index contributed by atoms with van der Waals surface area (Å²) in [4.78, 5) is 25.6. The number of para-hydroxylation sites is 1. The fraction of sp³-hybridized carbons (Fsp3) is 0.211. The van der Waals surface area contributed by atoms with Crippen LogP contribution in [-0.2, 0) is 16.0 Å². The average Bonchev–Trinajstić information content (AvgIpc) is 2.60. The molecule has 0 radical (unpaired) electrons. The highest BCUT2D eigenvalue weighted by atomic mass is 16.2. The molecule has 2 rings (SSSR count). The number of nitrogens with one attached hydrogen (secondary N) is 1. The number of nitrogens with zero attached hydrogens (tertiary/aromatic N) is 2. The Labute approximate surface area is 141 Å². The average molecular weight is 321 g/mol. The molecule has 1 N–H and O–H groups in total. The summed E-state index contributed by atoms with van der Waals surface area (Å²) in [5.41, 5.74) is 2.65. The number of amides is 2. The van der Waals surface area contributed by atoms with Crippen molar-refractivity contribution >= 4 is 23.2 Å². The zero-order chi connectivity index (χ0) is 17.5. The van der Waals surface area contributed by atoms with Gasteiger partial charge in [-0.25, -0.2) is 0 Å². The zero-order valence-corrected chi connectivity index (χ0v) is 13.7. The first-order valence-electron chi connectivity index (χ1n) is 7.71. The Balaban J connectivity index is 2.14. The van der Waals surface area contributed by atoms with Crippen molar-refractivity contribution in [1.29, 1.82) is 5.26 Å². The van der Waals surface area contributed by atoms with Gasteiger partial charge in [-0.1, -0.05) is 31.2 Å². The lowest BCUT2D eigenvalue weighted by Gasteiger charge is -2.21. The van der Waals surface area contributed by atoms with E-state index >= 15 is 0 Å². The summed E-state index contributed by atoms with van der Waals surface area (Å²) in [5, 5.41) is 11.7. The van der Waals surface area contributed by atoms with Gasteiger partial charge in [0.1, 0.15) is 12.6 Å². The maximum atomic E-state index is 12.3. The van der Waals surface area contributed by atoms with E-state index in [1.807, 2.05) is 30.3 Å². The topological polar surface area (TPSA) is 73.2 Å². The van der Waals surface area contributed by atoms with Crippen molar-refractivity contribution in [3.05, 3.63) is 59.7 Å². The van der Waals surface area contributed by atoms with Crippen LogP contribution in [0.15, 0.2) is 48.5 Å². The van der Waals surface area contributed by atoms with Gasteiger partial charge in [0.05, 0.1) is 11.3 Å². The highest BCUT2D eigenvalue weighted by Gasteiger charge is 2.16. The molecule has 0 aliphatic rings. The van der Waals surface area contributed by atoms with E-state index in [4.69, 9.17) is 5.26 Å². The fourth-order valence-corrected chi connectivity index (χ4v) is 2.32. The van der Waals surface area contributed by atoms with Crippen LogP contribution in [0.5, 0.6) is 0 Å². The second-order valence-electron chi connectivity index (χ2n) is 5.33. The standard InChI is InChI=1S/C19H19N3O2/c1-3-15-8-10-17(11-9-15)22(14(2)23)13-19(24)21-18-7-5-4-6-16(18)12-20/h4-11H,3,13H2,1-2H3,(H,21,24). The third-order valence-electron chi connectivity index (χ3n) is 3.66. The van der Waals surface area contributed by atoms with Crippen LogP contribution >= 0.6 is 0 Å². The Hall–Kier alpha value is -3.13. The van der Waals surface area contributed by atoms with Crippen molar-refractivity contribution in [2.45, 2.75) is 20.3 Å². The predicted molar refractivity (Wildman–Crippen MR) is 93.6 cm³/mol. The van der Waals surface area contributed by atoms with Crippen LogP contribution < -0.4 is 10.2 Å². The summed E-state index contributed by atoms with van der Waals surface area (Å²) in [7, 11) is 0. The van der Waals surface area contributed by atoms with Crippen molar-refractivity contribution in [3.8, 4) is 6.07 Å². The first-order chi connectivity index (χ1) is 11.5. The molecule has 0 unspecified atom stereocenters. The van der Waals surface area contributed by atoms with Gasteiger partial charge in [-0.05, 0) is 36.2 Å². The van der Waals surface area contributed by atoms with E-state index in [1.165, 1.54) is 11.8 Å². The summed E-state index contributed by atoms with van der Waals surface area (Å²) in [6.07, 6.45) is 0.909. The van der Waals surface area contributed by atoms with E-state index < -0.39 is 0 Å². The molecule has 122 valence electrons. The number of anilines is 2. The Morgan fingerprint density at radius 3 is 2.38 bits per heavy atom. The predicted octanol–water partition coefficient (Wildman–Crippen LogP) is 3.11. The van der Waals surface area contributed by atoms with Crippen LogP contribution in [0.1, 0.15) is 25.0 Å². The summed E-state index contributed by atoms with van der Waals surface area (Å²) in [6.45, 7) is 3.36. The molecule has 0 aliphatic heterocycles. The minimum Gasteiger partial charge on any atom is -0.323 e. The van der Waals surface area contributed by atoms with Crippen LogP contribution in [0, 0.1) is 11.3 Å². The quantitative estimate of drug-likeness (QED) is 0.919. The first kappa shape index (κ1) is 17.2. The maximum Gasteiger partial charge on any atom is 0.244 e. The molecule has 0 aromatic heterocycles. The largest absolute Gasteiger partial charge is 0.323 e. The fourth-order valence-electron chi connectivity index (χ4n) is 2.32. The van der Waals surface area contributed by atoms with E-state index in [9.17, 15) is 9.59 Å². The normalized spacial score (nSPS) is 9.88. The van der Waals surface area contributed by atoms with Gasteiger partial charge in [-0.2, -0.15) is 5.26 Å². The van der Waals surface area contributed by atoms with E-state index in [1.54, 1.807) is 24.3 Å². The van der Waals surface area contributed by atoms with Crippen molar-refractivity contribution in [3.63, 3.8) is 0 Å². The van der Waals surface area contributed by atoms with Crippen molar-refractivity contribution < 1.29 is 9.59 Å². The number of benzene rings is 2. The molecule has 0 saturated carbocycles. The van der Waals surface area contributed by atoms with E-state index in [2.05, 4.69) is 12.2 Å². The Morgan fingerprint density at radius 2 is 1.79 bits per heavy atom.